The van der Waals surface area contributed by atoms with Crippen LogP contribution in [0.5, 0.6) is 0 Å². The van der Waals surface area contributed by atoms with E-state index in [0.29, 0.717) is 24.0 Å². The third-order valence-electron chi connectivity index (χ3n) is 3.39. The van der Waals surface area contributed by atoms with Crippen LogP contribution in [0.25, 0.3) is 10.8 Å². The van der Waals surface area contributed by atoms with E-state index in [1.54, 1.807) is 12.1 Å². The van der Waals surface area contributed by atoms with Gasteiger partial charge in [0.05, 0.1) is 10.3 Å². The quantitative estimate of drug-likeness (QED) is 0.633. The standard InChI is InChI=1S/C12H11N3O4S/c13-20(18,19)12-9-6-14-5-8(9)4-7-2-1-3-10(11(7)12)15(16)17/h1-4,14H,5-6H2,(H2,13,18,19). The van der Waals surface area contributed by atoms with E-state index in [4.69, 9.17) is 5.14 Å². The largest absolute Gasteiger partial charge is 0.309 e. The molecule has 3 N–H and O–H groups in total. The monoisotopic (exact) mass is 293 g/mol. The zero-order valence-corrected chi connectivity index (χ0v) is 11.1. The van der Waals surface area contributed by atoms with Gasteiger partial charge in [-0.3, -0.25) is 10.1 Å². The fourth-order valence-electron chi connectivity index (χ4n) is 2.64. The fraction of sp³-hybridized carbons (Fsp3) is 0.167. The van der Waals surface area contributed by atoms with Crippen LogP contribution in [0.2, 0.25) is 0 Å². The van der Waals surface area contributed by atoms with Gasteiger partial charge in [0.1, 0.15) is 4.90 Å². The predicted molar refractivity (Wildman–Crippen MR) is 72.5 cm³/mol. The van der Waals surface area contributed by atoms with Gasteiger partial charge in [-0.25, -0.2) is 13.6 Å². The highest BCUT2D eigenvalue weighted by molar-refractivity contribution is 7.89. The van der Waals surface area contributed by atoms with Crippen LogP contribution in [0, 0.1) is 10.1 Å². The lowest BCUT2D eigenvalue weighted by Gasteiger charge is -2.10. The minimum Gasteiger partial charge on any atom is -0.309 e. The zero-order chi connectivity index (χ0) is 14.5. The first-order chi connectivity index (χ1) is 9.39. The van der Waals surface area contributed by atoms with Crippen LogP contribution < -0.4 is 10.5 Å². The van der Waals surface area contributed by atoms with E-state index in [1.165, 1.54) is 12.1 Å². The molecule has 0 bridgehead atoms. The molecule has 0 fully saturated rings. The molecule has 2 aromatic carbocycles. The van der Waals surface area contributed by atoms with Gasteiger partial charge in [0.25, 0.3) is 5.69 Å². The highest BCUT2D eigenvalue weighted by Gasteiger charge is 2.28. The normalized spacial score (nSPS) is 14.4. The number of nitro groups is 1. The summed E-state index contributed by atoms with van der Waals surface area (Å²) < 4.78 is 23.8. The van der Waals surface area contributed by atoms with E-state index in [1.807, 2.05) is 0 Å². The molecule has 0 saturated carbocycles. The second kappa shape index (κ2) is 4.23. The molecule has 0 unspecified atom stereocenters. The van der Waals surface area contributed by atoms with Gasteiger partial charge in [0, 0.05) is 19.2 Å². The average Bonchev–Trinajstić information content (AvgIpc) is 2.80. The molecule has 0 amide bonds. The maximum absolute atomic E-state index is 11.9. The summed E-state index contributed by atoms with van der Waals surface area (Å²) in [7, 11) is -4.06. The fourth-order valence-corrected chi connectivity index (χ4v) is 3.69. The lowest BCUT2D eigenvalue weighted by molar-refractivity contribution is -0.383. The smallest absolute Gasteiger partial charge is 0.278 e. The molecule has 0 atom stereocenters. The summed E-state index contributed by atoms with van der Waals surface area (Å²) in [5.41, 5.74) is 1.08. The van der Waals surface area contributed by atoms with Gasteiger partial charge in [0.15, 0.2) is 0 Å². The number of nitrogens with one attached hydrogen (secondary N) is 1. The lowest BCUT2D eigenvalue weighted by atomic mass is 10.0. The van der Waals surface area contributed by atoms with E-state index in [9.17, 15) is 18.5 Å². The summed E-state index contributed by atoms with van der Waals surface area (Å²) in [6, 6.07) is 6.23. The molecule has 0 aliphatic carbocycles. The predicted octanol–water partition coefficient (Wildman–Crippen LogP) is 0.999. The van der Waals surface area contributed by atoms with Crippen LogP contribution in [0.1, 0.15) is 11.1 Å². The average molecular weight is 293 g/mol. The van der Waals surface area contributed by atoms with E-state index in [2.05, 4.69) is 5.32 Å². The van der Waals surface area contributed by atoms with Crippen LogP contribution in [0.4, 0.5) is 5.69 Å². The summed E-state index contributed by atoms with van der Waals surface area (Å²) in [6.45, 7) is 0.861. The van der Waals surface area contributed by atoms with E-state index in [-0.39, 0.29) is 16.0 Å². The summed E-state index contributed by atoms with van der Waals surface area (Å²) in [5.74, 6) is 0. The first-order valence-corrected chi connectivity index (χ1v) is 7.39. The maximum atomic E-state index is 11.9. The number of hydrogen-bond donors (Lipinski definition) is 2. The summed E-state index contributed by atoms with van der Waals surface area (Å²) in [4.78, 5) is 10.4. The minimum atomic E-state index is -4.06. The molecular formula is C12H11N3O4S. The molecule has 0 aromatic heterocycles. The number of sulfonamides is 1. The topological polar surface area (TPSA) is 115 Å². The third-order valence-corrected chi connectivity index (χ3v) is 4.41. The van der Waals surface area contributed by atoms with Gasteiger partial charge in [-0.15, -0.1) is 0 Å². The molecule has 7 nitrogen and oxygen atoms in total. The zero-order valence-electron chi connectivity index (χ0n) is 10.3. The van der Waals surface area contributed by atoms with Crippen LogP contribution in [0.15, 0.2) is 29.2 Å². The molecule has 1 aliphatic heterocycles. The van der Waals surface area contributed by atoms with Crippen molar-refractivity contribution in [2.75, 3.05) is 0 Å². The molecule has 1 aliphatic rings. The number of nitro benzene ring substituents is 1. The van der Waals surface area contributed by atoms with Crippen LogP contribution >= 0.6 is 0 Å². The van der Waals surface area contributed by atoms with E-state index >= 15 is 0 Å². The van der Waals surface area contributed by atoms with Crippen molar-refractivity contribution in [3.63, 3.8) is 0 Å². The highest BCUT2D eigenvalue weighted by Crippen LogP contribution is 2.36. The Balaban J connectivity index is 2.57. The van der Waals surface area contributed by atoms with Crippen molar-refractivity contribution >= 4 is 26.5 Å². The number of non-ortho nitro benzene ring substituents is 1. The highest BCUT2D eigenvalue weighted by atomic mass is 32.2. The number of nitrogens with zero attached hydrogens (tertiary/aromatic N) is 1. The van der Waals surface area contributed by atoms with Gasteiger partial charge in [-0.1, -0.05) is 12.1 Å². The molecule has 3 rings (SSSR count). The molecule has 0 spiro atoms. The molecule has 0 saturated heterocycles. The summed E-state index contributed by atoms with van der Waals surface area (Å²) in [5, 5.41) is 20.1. The second-order valence-electron chi connectivity index (χ2n) is 4.62. The number of nitrogens with two attached hydrogens (primary N) is 1. The molecule has 0 radical (unpaired) electrons. The van der Waals surface area contributed by atoms with Gasteiger partial charge in [0.2, 0.25) is 10.0 Å². The second-order valence-corrected chi connectivity index (χ2v) is 6.12. The molecule has 8 heteroatoms. The first-order valence-electron chi connectivity index (χ1n) is 5.85. The molecule has 20 heavy (non-hydrogen) atoms. The third kappa shape index (κ3) is 1.85. The molecular weight excluding hydrogens is 282 g/mol. The van der Waals surface area contributed by atoms with E-state index < -0.39 is 14.9 Å². The van der Waals surface area contributed by atoms with Crippen molar-refractivity contribution in [2.45, 2.75) is 18.0 Å². The Morgan fingerprint density at radius 3 is 2.70 bits per heavy atom. The van der Waals surface area contributed by atoms with Gasteiger partial charge in [-0.2, -0.15) is 0 Å². The summed E-state index contributed by atoms with van der Waals surface area (Å²) in [6.07, 6.45) is 0. The molecule has 2 aromatic rings. The van der Waals surface area contributed by atoms with E-state index in [0.717, 1.165) is 5.56 Å². The number of primary sulfonamides is 1. The Hall–Kier alpha value is -2.03. The van der Waals surface area contributed by atoms with Gasteiger partial charge >= 0.3 is 0 Å². The van der Waals surface area contributed by atoms with Crippen molar-refractivity contribution in [1.29, 1.82) is 0 Å². The van der Waals surface area contributed by atoms with Crippen LogP contribution in [0.3, 0.4) is 0 Å². The number of rotatable bonds is 2. The van der Waals surface area contributed by atoms with Crippen molar-refractivity contribution in [2.24, 2.45) is 5.14 Å². The SMILES string of the molecule is NS(=O)(=O)c1c2c(cc3cccc([N+](=O)[O-])c13)CNC2. The Morgan fingerprint density at radius 2 is 2.05 bits per heavy atom. The van der Waals surface area contributed by atoms with Gasteiger partial charge in [-0.05, 0) is 22.6 Å². The van der Waals surface area contributed by atoms with Crippen molar-refractivity contribution in [3.8, 4) is 0 Å². The Kier molecular flexibility index (Phi) is 2.75. The Labute approximate surface area is 114 Å². The van der Waals surface area contributed by atoms with Crippen LogP contribution in [-0.4, -0.2) is 13.3 Å². The Morgan fingerprint density at radius 1 is 1.30 bits per heavy atom. The minimum absolute atomic E-state index is 0.0856. The molecule has 104 valence electrons. The van der Waals surface area contributed by atoms with Crippen molar-refractivity contribution in [1.82, 2.24) is 5.32 Å². The van der Waals surface area contributed by atoms with Crippen LogP contribution in [-0.2, 0) is 23.1 Å². The lowest BCUT2D eigenvalue weighted by Crippen LogP contribution is -2.16. The maximum Gasteiger partial charge on any atom is 0.278 e. The molecule has 1 heterocycles. The number of hydrogen-bond acceptors (Lipinski definition) is 5. The summed E-state index contributed by atoms with van der Waals surface area (Å²) >= 11 is 0. The van der Waals surface area contributed by atoms with Crippen molar-refractivity contribution < 1.29 is 13.3 Å². The Bertz CT molecular complexity index is 845. The van der Waals surface area contributed by atoms with Crippen molar-refractivity contribution in [3.05, 3.63) is 45.5 Å². The number of fused-ring (bicyclic) bond motifs is 2. The first kappa shape index (κ1) is 13.0. The van der Waals surface area contributed by atoms with Gasteiger partial charge < -0.3 is 5.32 Å². The number of benzene rings is 2.